The van der Waals surface area contributed by atoms with E-state index in [0.717, 1.165) is 0 Å². The fraction of sp³-hybridized carbons (Fsp3) is 0.364. The molecule has 0 aromatic heterocycles. The Bertz CT molecular complexity index is 335. The number of aliphatic hydroxyl groups excluding tert-OH is 3. The van der Waals surface area contributed by atoms with Gasteiger partial charge in [-0.3, -0.25) is 4.79 Å². The molecule has 0 heterocycles. The van der Waals surface area contributed by atoms with Gasteiger partial charge in [-0.25, -0.2) is 0 Å². The highest BCUT2D eigenvalue weighted by Crippen LogP contribution is 2.25. The Morgan fingerprint density at radius 3 is 2.29 bits per heavy atom. The van der Waals surface area contributed by atoms with Crippen LogP contribution in [0.5, 0.6) is 11.5 Å². The summed E-state index contributed by atoms with van der Waals surface area (Å²) in [5.41, 5.74) is 0.486. The number of aliphatic hydroxyl groups is 3. The van der Waals surface area contributed by atoms with Crippen molar-refractivity contribution in [2.24, 2.45) is 0 Å². The molecule has 0 spiro atoms. The maximum Gasteiger partial charge on any atom is 0.161 e. The normalized spacial score (nSPS) is 9.47. The minimum atomic E-state index is -0.954. The number of carbonyl (C=O) groups is 1. The van der Waals surface area contributed by atoms with E-state index in [1.165, 1.54) is 25.3 Å². The SMILES string of the molecule is COc1cc(C=O)ccc1O.OCC(O)CO. The fourth-order valence-corrected chi connectivity index (χ4v) is 0.825. The summed E-state index contributed by atoms with van der Waals surface area (Å²) in [4.78, 5) is 10.2. The summed E-state index contributed by atoms with van der Waals surface area (Å²) in [6.07, 6.45) is -0.257. The average molecular weight is 244 g/mol. The number of methoxy groups -OCH3 is 1. The summed E-state index contributed by atoms with van der Waals surface area (Å²) >= 11 is 0. The van der Waals surface area contributed by atoms with Gasteiger partial charge in [0.1, 0.15) is 12.4 Å². The molecule has 0 radical (unpaired) electrons. The fourth-order valence-electron chi connectivity index (χ4n) is 0.825. The van der Waals surface area contributed by atoms with Gasteiger partial charge in [-0.1, -0.05) is 0 Å². The van der Waals surface area contributed by atoms with Crippen molar-refractivity contribution >= 4 is 6.29 Å². The van der Waals surface area contributed by atoms with Crippen LogP contribution in [-0.4, -0.2) is 53.1 Å². The second-order valence-corrected chi connectivity index (χ2v) is 3.07. The molecule has 0 bridgehead atoms. The molecular weight excluding hydrogens is 228 g/mol. The number of benzene rings is 1. The molecule has 6 heteroatoms. The number of phenolic OH excluding ortho intramolecular Hbond substituents is 1. The first-order valence-corrected chi connectivity index (χ1v) is 4.81. The van der Waals surface area contributed by atoms with E-state index in [0.29, 0.717) is 17.6 Å². The molecule has 0 aliphatic heterocycles. The molecule has 0 atom stereocenters. The quantitative estimate of drug-likeness (QED) is 0.534. The summed E-state index contributed by atoms with van der Waals surface area (Å²) in [6, 6.07) is 4.41. The Morgan fingerprint density at radius 1 is 1.35 bits per heavy atom. The van der Waals surface area contributed by atoms with Crippen molar-refractivity contribution in [1.82, 2.24) is 0 Å². The van der Waals surface area contributed by atoms with Crippen molar-refractivity contribution < 1.29 is 30.0 Å². The smallest absolute Gasteiger partial charge is 0.161 e. The van der Waals surface area contributed by atoms with E-state index >= 15 is 0 Å². The Balaban J connectivity index is 0.000000366. The molecule has 6 nitrogen and oxygen atoms in total. The van der Waals surface area contributed by atoms with Crippen LogP contribution in [0.15, 0.2) is 18.2 Å². The van der Waals surface area contributed by atoms with Gasteiger partial charge < -0.3 is 25.2 Å². The Hall–Kier alpha value is -1.63. The number of phenols is 1. The first kappa shape index (κ1) is 15.4. The van der Waals surface area contributed by atoms with Crippen molar-refractivity contribution in [2.45, 2.75) is 6.10 Å². The van der Waals surface area contributed by atoms with Crippen LogP contribution in [0.25, 0.3) is 0 Å². The summed E-state index contributed by atoms with van der Waals surface area (Å²) < 4.78 is 4.78. The molecule has 0 fully saturated rings. The Morgan fingerprint density at radius 2 is 1.94 bits per heavy atom. The van der Waals surface area contributed by atoms with Crippen molar-refractivity contribution in [3.05, 3.63) is 23.8 Å². The van der Waals surface area contributed by atoms with Crippen LogP contribution < -0.4 is 4.74 Å². The van der Waals surface area contributed by atoms with E-state index in [2.05, 4.69) is 0 Å². The van der Waals surface area contributed by atoms with E-state index in [-0.39, 0.29) is 19.0 Å². The molecule has 0 unspecified atom stereocenters. The van der Waals surface area contributed by atoms with Crippen molar-refractivity contribution in [3.8, 4) is 11.5 Å². The van der Waals surface area contributed by atoms with Crippen LogP contribution in [0.2, 0.25) is 0 Å². The van der Waals surface area contributed by atoms with Gasteiger partial charge in [-0.15, -0.1) is 0 Å². The molecule has 1 rings (SSSR count). The summed E-state index contributed by atoms with van der Waals surface area (Å²) in [5.74, 6) is 0.354. The molecule has 0 aliphatic carbocycles. The molecule has 17 heavy (non-hydrogen) atoms. The van der Waals surface area contributed by atoms with Crippen LogP contribution in [-0.2, 0) is 0 Å². The lowest BCUT2D eigenvalue weighted by Gasteiger charge is -2.01. The third kappa shape index (κ3) is 5.86. The van der Waals surface area contributed by atoms with Crippen LogP contribution in [0.1, 0.15) is 10.4 Å². The first-order chi connectivity index (χ1) is 8.08. The lowest BCUT2D eigenvalue weighted by Crippen LogP contribution is -2.15. The average Bonchev–Trinajstić information content (AvgIpc) is 2.39. The van der Waals surface area contributed by atoms with Crippen molar-refractivity contribution in [1.29, 1.82) is 0 Å². The molecule has 96 valence electrons. The van der Waals surface area contributed by atoms with Gasteiger partial charge >= 0.3 is 0 Å². The summed E-state index contributed by atoms with van der Waals surface area (Å²) in [5, 5.41) is 33.1. The first-order valence-electron chi connectivity index (χ1n) is 4.81. The minimum Gasteiger partial charge on any atom is -0.504 e. The predicted molar refractivity (Wildman–Crippen MR) is 60.2 cm³/mol. The van der Waals surface area contributed by atoms with Crippen molar-refractivity contribution in [3.63, 3.8) is 0 Å². The van der Waals surface area contributed by atoms with Gasteiger partial charge in [0.15, 0.2) is 11.5 Å². The minimum absolute atomic E-state index is 0.0399. The predicted octanol–water partition coefficient (Wildman–Crippen LogP) is -0.455. The van der Waals surface area contributed by atoms with Gasteiger partial charge in [-0.2, -0.15) is 0 Å². The Kier molecular flexibility index (Phi) is 7.70. The molecule has 1 aromatic carbocycles. The van der Waals surface area contributed by atoms with E-state index in [1.54, 1.807) is 0 Å². The maximum absolute atomic E-state index is 10.2. The Labute approximate surface area is 98.7 Å². The van der Waals surface area contributed by atoms with Crippen LogP contribution in [0, 0.1) is 0 Å². The van der Waals surface area contributed by atoms with Crippen LogP contribution >= 0.6 is 0 Å². The lowest BCUT2D eigenvalue weighted by molar-refractivity contribution is 0.0450. The van der Waals surface area contributed by atoms with Gasteiger partial charge in [0.05, 0.1) is 20.3 Å². The van der Waals surface area contributed by atoms with Crippen LogP contribution in [0.4, 0.5) is 0 Å². The molecular formula is C11H16O6. The molecule has 1 aromatic rings. The summed E-state index contributed by atoms with van der Waals surface area (Å²) in [6.45, 7) is -0.729. The second kappa shape index (κ2) is 8.51. The topological polar surface area (TPSA) is 107 Å². The molecule has 0 saturated carbocycles. The standard InChI is InChI=1S/C8H8O3.C3H8O3/c1-11-8-4-6(5-9)2-3-7(8)10;4-1-3(6)2-5/h2-5,10H,1H3;3-6H,1-2H2. The highest BCUT2D eigenvalue weighted by molar-refractivity contribution is 5.76. The molecule has 0 amide bonds. The zero-order chi connectivity index (χ0) is 13.3. The molecule has 4 N–H and O–H groups in total. The number of carbonyl (C=O) groups excluding carboxylic acids is 1. The van der Waals surface area contributed by atoms with Crippen molar-refractivity contribution in [2.75, 3.05) is 20.3 Å². The van der Waals surface area contributed by atoms with Crippen LogP contribution in [0.3, 0.4) is 0 Å². The number of hydrogen-bond acceptors (Lipinski definition) is 6. The molecule has 0 aliphatic rings. The molecule has 0 saturated heterocycles. The second-order valence-electron chi connectivity index (χ2n) is 3.07. The summed E-state index contributed by atoms with van der Waals surface area (Å²) in [7, 11) is 1.43. The highest BCUT2D eigenvalue weighted by Gasteiger charge is 2.00. The highest BCUT2D eigenvalue weighted by atomic mass is 16.5. The number of rotatable bonds is 4. The third-order valence-corrected chi connectivity index (χ3v) is 1.76. The third-order valence-electron chi connectivity index (χ3n) is 1.76. The largest absolute Gasteiger partial charge is 0.504 e. The van der Waals surface area contributed by atoms with E-state index < -0.39 is 6.10 Å². The van der Waals surface area contributed by atoms with Gasteiger partial charge in [-0.05, 0) is 18.2 Å². The van der Waals surface area contributed by atoms with E-state index in [9.17, 15) is 4.79 Å². The number of aldehydes is 1. The number of aromatic hydroxyl groups is 1. The van der Waals surface area contributed by atoms with Gasteiger partial charge in [0.2, 0.25) is 0 Å². The van der Waals surface area contributed by atoms with E-state index in [1.807, 2.05) is 0 Å². The van der Waals surface area contributed by atoms with Gasteiger partial charge in [0, 0.05) is 5.56 Å². The maximum atomic E-state index is 10.2. The number of hydrogen-bond donors (Lipinski definition) is 4. The zero-order valence-electron chi connectivity index (χ0n) is 9.41. The lowest BCUT2D eigenvalue weighted by atomic mass is 10.2. The number of ether oxygens (including phenoxy) is 1. The van der Waals surface area contributed by atoms with E-state index in [4.69, 9.17) is 25.2 Å². The zero-order valence-corrected chi connectivity index (χ0v) is 9.41. The monoisotopic (exact) mass is 244 g/mol. The van der Waals surface area contributed by atoms with Gasteiger partial charge in [0.25, 0.3) is 0 Å².